The van der Waals surface area contributed by atoms with Crippen molar-refractivity contribution in [2.24, 2.45) is 0 Å². The molecule has 2 aliphatic rings. The summed E-state index contributed by atoms with van der Waals surface area (Å²) >= 11 is 0. The van der Waals surface area contributed by atoms with Crippen LogP contribution in [0.1, 0.15) is 18.5 Å². The van der Waals surface area contributed by atoms with Crippen molar-refractivity contribution in [3.05, 3.63) is 36.2 Å². The number of likely N-dealkylation sites (N-methyl/N-ethyl adjacent to an activating group) is 1. The van der Waals surface area contributed by atoms with Gasteiger partial charge < -0.3 is 9.80 Å². The molecule has 1 aromatic heterocycles. The van der Waals surface area contributed by atoms with Gasteiger partial charge in [-0.25, -0.2) is 0 Å². The van der Waals surface area contributed by atoms with Gasteiger partial charge >= 0.3 is 0 Å². The zero-order valence-electron chi connectivity index (χ0n) is 13.9. The van der Waals surface area contributed by atoms with E-state index in [0.717, 1.165) is 57.9 Å². The normalized spacial score (nSPS) is 20.4. The lowest BCUT2D eigenvalue weighted by Crippen LogP contribution is -2.47. The van der Waals surface area contributed by atoms with E-state index >= 15 is 0 Å². The largest absolute Gasteiger partial charge is 0.340 e. The topological polar surface area (TPSA) is 39.7 Å². The van der Waals surface area contributed by atoms with Crippen LogP contribution in [0.25, 0.3) is 5.57 Å². The van der Waals surface area contributed by atoms with Crippen LogP contribution in [0.3, 0.4) is 0 Å². The fraction of sp³-hybridized carbons (Fsp3) is 0.556. The van der Waals surface area contributed by atoms with E-state index in [2.05, 4.69) is 34.0 Å². The predicted octanol–water partition coefficient (Wildman–Crippen LogP) is 1.33. The van der Waals surface area contributed by atoms with Crippen LogP contribution in [0, 0.1) is 0 Å². The molecule has 0 N–H and O–H groups in total. The van der Waals surface area contributed by atoms with E-state index in [4.69, 9.17) is 0 Å². The van der Waals surface area contributed by atoms with Crippen molar-refractivity contribution in [3.63, 3.8) is 0 Å². The second-order valence-corrected chi connectivity index (χ2v) is 6.44. The summed E-state index contributed by atoms with van der Waals surface area (Å²) in [6.45, 7) is 6.49. The minimum Gasteiger partial charge on any atom is -0.340 e. The van der Waals surface area contributed by atoms with Crippen molar-refractivity contribution in [1.82, 2.24) is 19.7 Å². The number of carbonyl (C=O) groups excluding carboxylic acids is 1. The van der Waals surface area contributed by atoms with E-state index in [0.29, 0.717) is 12.3 Å². The van der Waals surface area contributed by atoms with Gasteiger partial charge in [0.2, 0.25) is 5.91 Å². The van der Waals surface area contributed by atoms with Gasteiger partial charge in [0.15, 0.2) is 0 Å². The Labute approximate surface area is 138 Å². The second-order valence-electron chi connectivity index (χ2n) is 6.44. The van der Waals surface area contributed by atoms with E-state index in [-0.39, 0.29) is 0 Å². The van der Waals surface area contributed by atoms with Gasteiger partial charge in [-0.05, 0) is 31.2 Å². The van der Waals surface area contributed by atoms with Crippen molar-refractivity contribution >= 4 is 11.5 Å². The Bertz CT molecular complexity index is 549. The van der Waals surface area contributed by atoms with Crippen LogP contribution in [0.4, 0.5) is 0 Å². The van der Waals surface area contributed by atoms with Crippen molar-refractivity contribution in [1.29, 1.82) is 0 Å². The summed E-state index contributed by atoms with van der Waals surface area (Å²) in [6.07, 6.45) is 5.78. The number of piperazine rings is 1. The molecule has 1 aromatic rings. The molecular formula is C18H26N4O. The van der Waals surface area contributed by atoms with Gasteiger partial charge in [-0.3, -0.25) is 14.7 Å². The van der Waals surface area contributed by atoms with Crippen LogP contribution in [-0.2, 0) is 4.79 Å². The van der Waals surface area contributed by atoms with Gasteiger partial charge in [0.1, 0.15) is 0 Å². The Morgan fingerprint density at radius 3 is 2.74 bits per heavy atom. The molecule has 3 heterocycles. The van der Waals surface area contributed by atoms with Gasteiger partial charge in [-0.15, -0.1) is 0 Å². The first-order chi connectivity index (χ1) is 11.2. The van der Waals surface area contributed by atoms with Crippen LogP contribution in [-0.4, -0.2) is 78.5 Å². The molecule has 0 unspecified atom stereocenters. The summed E-state index contributed by atoms with van der Waals surface area (Å²) < 4.78 is 0. The average molecular weight is 314 g/mol. The lowest BCUT2D eigenvalue weighted by molar-refractivity contribution is -0.133. The SMILES string of the molecule is CN1CCN(C(=O)CCN2CCC=C(c3ccccn3)C2)CC1. The Morgan fingerprint density at radius 1 is 1.17 bits per heavy atom. The van der Waals surface area contributed by atoms with Crippen molar-refractivity contribution in [3.8, 4) is 0 Å². The number of carbonyl (C=O) groups is 1. The third-order valence-electron chi connectivity index (χ3n) is 4.72. The Balaban J connectivity index is 1.48. The molecule has 23 heavy (non-hydrogen) atoms. The van der Waals surface area contributed by atoms with Crippen LogP contribution in [0.5, 0.6) is 0 Å². The summed E-state index contributed by atoms with van der Waals surface area (Å²) in [4.78, 5) is 23.5. The number of hydrogen-bond donors (Lipinski definition) is 0. The monoisotopic (exact) mass is 314 g/mol. The van der Waals surface area contributed by atoms with E-state index in [1.54, 1.807) is 0 Å². The maximum Gasteiger partial charge on any atom is 0.223 e. The summed E-state index contributed by atoms with van der Waals surface area (Å²) in [6, 6.07) is 6.03. The van der Waals surface area contributed by atoms with Crippen LogP contribution in [0.2, 0.25) is 0 Å². The summed E-state index contributed by atoms with van der Waals surface area (Å²) in [5.41, 5.74) is 2.34. The zero-order valence-corrected chi connectivity index (χ0v) is 13.9. The summed E-state index contributed by atoms with van der Waals surface area (Å²) in [5.74, 6) is 0.298. The van der Waals surface area contributed by atoms with Crippen LogP contribution >= 0.6 is 0 Å². The molecule has 2 aliphatic heterocycles. The summed E-state index contributed by atoms with van der Waals surface area (Å²) in [7, 11) is 2.11. The fourth-order valence-electron chi connectivity index (χ4n) is 3.20. The number of hydrogen-bond acceptors (Lipinski definition) is 4. The van der Waals surface area contributed by atoms with Crippen molar-refractivity contribution < 1.29 is 4.79 Å². The second kappa shape index (κ2) is 7.70. The average Bonchev–Trinajstić information content (AvgIpc) is 2.61. The quantitative estimate of drug-likeness (QED) is 0.841. The van der Waals surface area contributed by atoms with Crippen molar-refractivity contribution in [2.75, 3.05) is 52.9 Å². The highest BCUT2D eigenvalue weighted by Crippen LogP contribution is 2.19. The highest BCUT2D eigenvalue weighted by Gasteiger charge is 2.20. The molecule has 0 radical (unpaired) electrons. The molecular weight excluding hydrogens is 288 g/mol. The third kappa shape index (κ3) is 4.39. The minimum atomic E-state index is 0.298. The van der Waals surface area contributed by atoms with Crippen molar-refractivity contribution in [2.45, 2.75) is 12.8 Å². The van der Waals surface area contributed by atoms with Gasteiger partial charge in [0, 0.05) is 58.4 Å². The number of aromatic nitrogens is 1. The smallest absolute Gasteiger partial charge is 0.223 e. The first kappa shape index (κ1) is 16.1. The van der Waals surface area contributed by atoms with E-state index in [9.17, 15) is 4.79 Å². The minimum absolute atomic E-state index is 0.298. The van der Waals surface area contributed by atoms with E-state index in [1.807, 2.05) is 23.2 Å². The molecule has 1 amide bonds. The Kier molecular flexibility index (Phi) is 5.41. The molecule has 0 spiro atoms. The molecule has 0 aromatic carbocycles. The lowest BCUT2D eigenvalue weighted by Gasteiger charge is -2.33. The predicted molar refractivity (Wildman–Crippen MR) is 92.0 cm³/mol. The first-order valence-corrected chi connectivity index (χ1v) is 8.51. The molecule has 5 heteroatoms. The van der Waals surface area contributed by atoms with Gasteiger partial charge in [-0.2, -0.15) is 0 Å². The summed E-state index contributed by atoms with van der Waals surface area (Å²) in [5, 5.41) is 0. The number of rotatable bonds is 4. The number of nitrogens with zero attached hydrogens (tertiary/aromatic N) is 4. The highest BCUT2D eigenvalue weighted by molar-refractivity contribution is 5.76. The molecule has 0 atom stereocenters. The molecule has 5 nitrogen and oxygen atoms in total. The van der Waals surface area contributed by atoms with E-state index < -0.39 is 0 Å². The fourth-order valence-corrected chi connectivity index (χ4v) is 3.20. The first-order valence-electron chi connectivity index (χ1n) is 8.51. The molecule has 1 fully saturated rings. The standard InChI is InChI=1S/C18H26N4O/c1-20-11-13-22(14-12-20)18(23)7-10-21-9-4-5-16(15-21)17-6-2-3-8-19-17/h2-3,5-6,8H,4,7,9-15H2,1H3. The van der Waals surface area contributed by atoms with Gasteiger partial charge in [-0.1, -0.05) is 12.1 Å². The number of pyridine rings is 1. The van der Waals surface area contributed by atoms with Gasteiger partial charge in [0.25, 0.3) is 0 Å². The molecule has 0 saturated carbocycles. The molecule has 0 aliphatic carbocycles. The van der Waals surface area contributed by atoms with Crippen LogP contribution < -0.4 is 0 Å². The molecule has 0 bridgehead atoms. The number of amides is 1. The lowest BCUT2D eigenvalue weighted by atomic mass is 10.1. The van der Waals surface area contributed by atoms with Crippen LogP contribution in [0.15, 0.2) is 30.5 Å². The zero-order chi connectivity index (χ0) is 16.1. The maximum atomic E-state index is 12.4. The van der Waals surface area contributed by atoms with Gasteiger partial charge in [0.05, 0.1) is 5.69 Å². The van der Waals surface area contributed by atoms with E-state index in [1.165, 1.54) is 5.57 Å². The molecule has 1 saturated heterocycles. The highest BCUT2D eigenvalue weighted by atomic mass is 16.2. The Morgan fingerprint density at radius 2 is 2.00 bits per heavy atom. The molecule has 124 valence electrons. The Hall–Kier alpha value is -1.72. The maximum absolute atomic E-state index is 12.4. The third-order valence-corrected chi connectivity index (χ3v) is 4.72. The molecule has 3 rings (SSSR count).